The van der Waals surface area contributed by atoms with E-state index in [9.17, 15) is 0 Å². The smallest absolute Gasteiger partial charge is 0.00719 e. The van der Waals surface area contributed by atoms with Crippen molar-refractivity contribution in [1.29, 1.82) is 0 Å². The molecule has 1 rings (SSSR count). The molecule has 0 saturated heterocycles. The number of hydrogen-bond acceptors (Lipinski definition) is 0. The summed E-state index contributed by atoms with van der Waals surface area (Å²) in [6.45, 7) is 2.20. The van der Waals surface area contributed by atoms with Gasteiger partial charge in [-0.25, -0.2) is 0 Å². The minimum Gasteiger partial charge on any atom is -0.0924 e. The number of aryl methyl sites for hydroxylation is 2. The van der Waals surface area contributed by atoms with Crippen molar-refractivity contribution in [3.63, 3.8) is 0 Å². The normalized spacial score (nSPS) is 10.0. The Balaban J connectivity index is 2.83. The van der Waals surface area contributed by atoms with E-state index in [4.69, 9.17) is 0 Å². The first-order valence-electron chi connectivity index (χ1n) is 4.01. The van der Waals surface area contributed by atoms with E-state index in [0.29, 0.717) is 0 Å². The Morgan fingerprint density at radius 2 is 1.82 bits per heavy atom. The minimum absolute atomic E-state index is 1.06. The summed E-state index contributed by atoms with van der Waals surface area (Å²) in [6.07, 6.45) is 2.28. The van der Waals surface area contributed by atoms with Crippen molar-refractivity contribution in [2.75, 3.05) is 5.33 Å². The highest BCUT2D eigenvalue weighted by Gasteiger charge is 1.96. The van der Waals surface area contributed by atoms with Crippen LogP contribution >= 0.6 is 15.9 Å². The largest absolute Gasteiger partial charge is 0.0924 e. The molecule has 0 heterocycles. The third-order valence-corrected chi connectivity index (χ3v) is 2.26. The van der Waals surface area contributed by atoms with Crippen LogP contribution in [0.4, 0.5) is 0 Å². The van der Waals surface area contributed by atoms with Crippen LogP contribution in [0.25, 0.3) is 0 Å². The predicted molar refractivity (Wildman–Crippen MR) is 53.3 cm³/mol. The van der Waals surface area contributed by atoms with Crippen LogP contribution in [-0.2, 0) is 12.8 Å². The highest BCUT2D eigenvalue weighted by atomic mass is 79.9. The lowest BCUT2D eigenvalue weighted by molar-refractivity contribution is 1.05. The van der Waals surface area contributed by atoms with Gasteiger partial charge in [0.1, 0.15) is 0 Å². The summed E-state index contributed by atoms with van der Waals surface area (Å²) in [5.74, 6) is 0. The zero-order valence-electron chi connectivity index (χ0n) is 6.81. The molecule has 11 heavy (non-hydrogen) atoms. The first kappa shape index (κ1) is 8.79. The fraction of sp³-hybridized carbons (Fsp3) is 0.400. The van der Waals surface area contributed by atoms with Gasteiger partial charge in [-0.05, 0) is 24.0 Å². The zero-order valence-corrected chi connectivity index (χ0v) is 8.39. The van der Waals surface area contributed by atoms with Gasteiger partial charge in [0.2, 0.25) is 0 Å². The van der Waals surface area contributed by atoms with Crippen LogP contribution in [0.2, 0.25) is 0 Å². The van der Waals surface area contributed by atoms with Gasteiger partial charge < -0.3 is 0 Å². The average molecular weight is 213 g/mol. The van der Waals surface area contributed by atoms with Crippen molar-refractivity contribution in [3.8, 4) is 0 Å². The van der Waals surface area contributed by atoms with Gasteiger partial charge in [-0.15, -0.1) is 0 Å². The van der Waals surface area contributed by atoms with Crippen LogP contribution in [0.3, 0.4) is 0 Å². The zero-order chi connectivity index (χ0) is 8.10. The van der Waals surface area contributed by atoms with Gasteiger partial charge in [-0.1, -0.05) is 47.1 Å². The van der Waals surface area contributed by atoms with Crippen LogP contribution in [0.15, 0.2) is 24.3 Å². The second kappa shape index (κ2) is 4.55. The second-order valence-corrected chi connectivity index (χ2v) is 3.35. The Bertz CT molecular complexity index is 218. The molecule has 0 saturated carbocycles. The van der Waals surface area contributed by atoms with Crippen molar-refractivity contribution in [1.82, 2.24) is 0 Å². The maximum absolute atomic E-state index is 3.45. The van der Waals surface area contributed by atoms with Gasteiger partial charge >= 0.3 is 0 Å². The van der Waals surface area contributed by atoms with Gasteiger partial charge in [-0.3, -0.25) is 0 Å². The van der Waals surface area contributed by atoms with Crippen LogP contribution in [0, 0.1) is 0 Å². The summed E-state index contributed by atoms with van der Waals surface area (Å²) in [5.41, 5.74) is 2.96. The van der Waals surface area contributed by atoms with Crippen molar-refractivity contribution in [2.24, 2.45) is 0 Å². The second-order valence-electron chi connectivity index (χ2n) is 2.56. The van der Waals surface area contributed by atoms with Gasteiger partial charge in [0.25, 0.3) is 0 Å². The summed E-state index contributed by atoms with van der Waals surface area (Å²) in [7, 11) is 0. The maximum Gasteiger partial charge on any atom is 0.00719 e. The number of rotatable bonds is 3. The molecule has 60 valence electrons. The standard InChI is InChI=1S/C10H13Br/c1-2-9-5-3-4-6-10(9)7-8-11/h3-6H,2,7-8H2,1H3. The molecule has 0 amide bonds. The van der Waals surface area contributed by atoms with Crippen molar-refractivity contribution < 1.29 is 0 Å². The van der Waals surface area contributed by atoms with E-state index < -0.39 is 0 Å². The van der Waals surface area contributed by atoms with Crippen LogP contribution in [0.1, 0.15) is 18.1 Å². The van der Waals surface area contributed by atoms with Crippen LogP contribution in [-0.4, -0.2) is 5.33 Å². The molecule has 0 unspecified atom stereocenters. The highest BCUT2D eigenvalue weighted by Crippen LogP contribution is 2.10. The molecule has 0 nitrogen and oxygen atoms in total. The molecule has 0 fully saturated rings. The molecule has 0 aromatic heterocycles. The molecule has 0 spiro atoms. The van der Waals surface area contributed by atoms with E-state index >= 15 is 0 Å². The summed E-state index contributed by atoms with van der Waals surface area (Å²) in [5, 5.41) is 1.06. The summed E-state index contributed by atoms with van der Waals surface area (Å²) in [6, 6.07) is 8.63. The van der Waals surface area contributed by atoms with E-state index in [1.54, 1.807) is 0 Å². The van der Waals surface area contributed by atoms with Crippen molar-refractivity contribution in [2.45, 2.75) is 19.8 Å². The predicted octanol–water partition coefficient (Wildman–Crippen LogP) is 3.19. The van der Waals surface area contributed by atoms with Crippen molar-refractivity contribution in [3.05, 3.63) is 35.4 Å². The molecule has 1 aromatic carbocycles. The third kappa shape index (κ3) is 2.33. The highest BCUT2D eigenvalue weighted by molar-refractivity contribution is 9.09. The van der Waals surface area contributed by atoms with Crippen LogP contribution < -0.4 is 0 Å². The molecule has 0 radical (unpaired) electrons. The summed E-state index contributed by atoms with van der Waals surface area (Å²) < 4.78 is 0. The van der Waals surface area contributed by atoms with Gasteiger partial charge in [0.15, 0.2) is 0 Å². The summed E-state index contributed by atoms with van der Waals surface area (Å²) in [4.78, 5) is 0. The lowest BCUT2D eigenvalue weighted by atomic mass is 10.0. The Hall–Kier alpha value is -0.300. The van der Waals surface area contributed by atoms with E-state index in [2.05, 4.69) is 47.1 Å². The molecular weight excluding hydrogens is 200 g/mol. The van der Waals surface area contributed by atoms with Crippen LogP contribution in [0.5, 0.6) is 0 Å². The van der Waals surface area contributed by atoms with E-state index in [1.165, 1.54) is 11.1 Å². The Morgan fingerprint density at radius 3 is 2.36 bits per heavy atom. The number of hydrogen-bond donors (Lipinski definition) is 0. The quantitative estimate of drug-likeness (QED) is 0.676. The molecule has 1 aromatic rings. The summed E-state index contributed by atoms with van der Waals surface area (Å²) >= 11 is 3.45. The SMILES string of the molecule is CCc1ccccc1CCBr. The fourth-order valence-electron chi connectivity index (χ4n) is 1.25. The average Bonchev–Trinajstić information content (AvgIpc) is 2.06. The number of benzene rings is 1. The lowest BCUT2D eigenvalue weighted by Gasteiger charge is -2.04. The van der Waals surface area contributed by atoms with Crippen molar-refractivity contribution >= 4 is 15.9 Å². The monoisotopic (exact) mass is 212 g/mol. The minimum atomic E-state index is 1.06. The molecule has 0 N–H and O–H groups in total. The Morgan fingerprint density at radius 1 is 1.18 bits per heavy atom. The first-order valence-corrected chi connectivity index (χ1v) is 5.13. The third-order valence-electron chi connectivity index (χ3n) is 1.86. The fourth-order valence-corrected chi connectivity index (χ4v) is 1.68. The van der Waals surface area contributed by atoms with E-state index in [0.717, 1.165) is 18.2 Å². The molecule has 0 bridgehead atoms. The van der Waals surface area contributed by atoms with E-state index in [-0.39, 0.29) is 0 Å². The van der Waals surface area contributed by atoms with Gasteiger partial charge in [0.05, 0.1) is 0 Å². The number of alkyl halides is 1. The number of halogens is 1. The molecule has 0 aliphatic carbocycles. The Labute approximate surface area is 76.8 Å². The molecule has 0 aliphatic heterocycles. The molecule has 0 atom stereocenters. The van der Waals surface area contributed by atoms with Gasteiger partial charge in [-0.2, -0.15) is 0 Å². The maximum atomic E-state index is 3.45. The molecular formula is C10H13Br. The molecule has 0 aliphatic rings. The molecule has 1 heteroatoms. The van der Waals surface area contributed by atoms with E-state index in [1.807, 2.05) is 0 Å². The lowest BCUT2D eigenvalue weighted by Crippen LogP contribution is -1.92. The topological polar surface area (TPSA) is 0 Å². The van der Waals surface area contributed by atoms with Gasteiger partial charge in [0, 0.05) is 5.33 Å². The Kier molecular flexibility index (Phi) is 3.64. The first-order chi connectivity index (χ1) is 5.38.